The van der Waals surface area contributed by atoms with E-state index in [4.69, 9.17) is 14.4 Å². The van der Waals surface area contributed by atoms with Crippen LogP contribution in [-0.4, -0.2) is 47.6 Å². The average Bonchev–Trinajstić information content (AvgIpc) is 3.19. The van der Waals surface area contributed by atoms with Crippen molar-refractivity contribution in [1.29, 1.82) is 0 Å². The largest absolute Gasteiger partial charge is 0.467 e. The number of piperazine rings is 1. The van der Waals surface area contributed by atoms with Gasteiger partial charge in [0.1, 0.15) is 11.6 Å². The van der Waals surface area contributed by atoms with Crippen LogP contribution in [0.5, 0.6) is 0 Å². The first kappa shape index (κ1) is 17.5. The Balaban J connectivity index is 1.55. The molecule has 1 aliphatic rings. The van der Waals surface area contributed by atoms with Gasteiger partial charge in [0, 0.05) is 38.1 Å². The number of anilines is 2. The Morgan fingerprint density at radius 3 is 2.67 bits per heavy atom. The predicted molar refractivity (Wildman–Crippen MR) is 109 cm³/mol. The summed E-state index contributed by atoms with van der Waals surface area (Å²) >= 11 is 0. The first-order valence-corrected chi connectivity index (χ1v) is 9.34. The van der Waals surface area contributed by atoms with E-state index in [1.165, 1.54) is 5.57 Å². The highest BCUT2D eigenvalue weighted by molar-refractivity contribution is 5.90. The van der Waals surface area contributed by atoms with E-state index in [1.807, 2.05) is 36.4 Å². The Labute approximate surface area is 159 Å². The molecule has 2 aromatic heterocycles. The number of aromatic nitrogens is 2. The Hall–Kier alpha value is -2.86. The molecule has 3 aromatic rings. The van der Waals surface area contributed by atoms with Gasteiger partial charge in [-0.25, -0.2) is 4.98 Å². The van der Waals surface area contributed by atoms with Gasteiger partial charge in [-0.1, -0.05) is 24.3 Å². The molecule has 140 valence electrons. The summed E-state index contributed by atoms with van der Waals surface area (Å²) in [6.45, 7) is 11.5. The normalized spacial score (nSPS) is 15.2. The van der Waals surface area contributed by atoms with Crippen molar-refractivity contribution in [3.05, 3.63) is 60.6 Å². The molecule has 1 aromatic carbocycles. The number of hydrogen-bond donors (Lipinski definition) is 1. The first-order valence-electron chi connectivity index (χ1n) is 9.34. The van der Waals surface area contributed by atoms with Gasteiger partial charge in [0.25, 0.3) is 0 Å². The van der Waals surface area contributed by atoms with Crippen molar-refractivity contribution in [3.63, 3.8) is 0 Å². The number of para-hydroxylation sites is 1. The molecule has 6 nitrogen and oxygen atoms in total. The summed E-state index contributed by atoms with van der Waals surface area (Å²) in [6, 6.07) is 12.0. The topological polar surface area (TPSA) is 57.4 Å². The molecule has 1 N–H and O–H groups in total. The molecular formula is C21H25N5O. The minimum atomic E-state index is 0.597. The number of furan rings is 1. The fourth-order valence-corrected chi connectivity index (χ4v) is 3.41. The van der Waals surface area contributed by atoms with E-state index in [2.05, 4.69) is 28.6 Å². The van der Waals surface area contributed by atoms with Gasteiger partial charge in [0.15, 0.2) is 0 Å². The molecule has 4 rings (SSSR count). The number of nitrogens with zero attached hydrogens (tertiary/aromatic N) is 4. The molecule has 0 unspecified atom stereocenters. The second kappa shape index (κ2) is 7.80. The smallest absolute Gasteiger partial charge is 0.227 e. The number of rotatable bonds is 6. The number of fused-ring (bicyclic) bond motifs is 1. The molecule has 0 radical (unpaired) electrons. The molecular weight excluding hydrogens is 338 g/mol. The fraction of sp³-hybridized carbons (Fsp3) is 0.333. The summed E-state index contributed by atoms with van der Waals surface area (Å²) in [7, 11) is 0. The molecule has 1 saturated heterocycles. The lowest BCUT2D eigenvalue weighted by atomic mass is 10.2. The molecule has 6 heteroatoms. The molecule has 0 atom stereocenters. The third-order valence-corrected chi connectivity index (χ3v) is 4.75. The van der Waals surface area contributed by atoms with Crippen LogP contribution in [0.2, 0.25) is 0 Å². The second-order valence-electron chi connectivity index (χ2n) is 7.04. The van der Waals surface area contributed by atoms with E-state index in [9.17, 15) is 0 Å². The summed E-state index contributed by atoms with van der Waals surface area (Å²) in [5.41, 5.74) is 2.16. The maximum absolute atomic E-state index is 5.43. The van der Waals surface area contributed by atoms with Crippen LogP contribution in [0.4, 0.5) is 11.8 Å². The van der Waals surface area contributed by atoms with Crippen molar-refractivity contribution in [1.82, 2.24) is 14.9 Å². The second-order valence-corrected chi connectivity index (χ2v) is 7.04. The summed E-state index contributed by atoms with van der Waals surface area (Å²) in [5.74, 6) is 2.51. The number of nitrogens with one attached hydrogen (secondary N) is 1. The van der Waals surface area contributed by atoms with Crippen LogP contribution in [0.15, 0.2) is 59.2 Å². The molecule has 0 spiro atoms. The van der Waals surface area contributed by atoms with Crippen LogP contribution in [0.1, 0.15) is 12.7 Å². The zero-order valence-electron chi connectivity index (χ0n) is 15.7. The SMILES string of the molecule is C=C(C)CN1CCN(c2nc(NCc3ccco3)c3ccccc3n2)CC1. The van der Waals surface area contributed by atoms with Crippen molar-refractivity contribution in [2.45, 2.75) is 13.5 Å². The van der Waals surface area contributed by atoms with Crippen LogP contribution < -0.4 is 10.2 Å². The Bertz CT molecular complexity index is 913. The summed E-state index contributed by atoms with van der Waals surface area (Å²) in [6.07, 6.45) is 1.69. The van der Waals surface area contributed by atoms with Gasteiger partial charge in [-0.05, 0) is 31.2 Å². The molecule has 1 fully saturated rings. The van der Waals surface area contributed by atoms with Gasteiger partial charge in [0.2, 0.25) is 5.95 Å². The lowest BCUT2D eigenvalue weighted by Crippen LogP contribution is -2.47. The predicted octanol–water partition coefficient (Wildman–Crippen LogP) is 3.53. The summed E-state index contributed by atoms with van der Waals surface area (Å²) < 4.78 is 5.43. The third kappa shape index (κ3) is 4.11. The van der Waals surface area contributed by atoms with E-state index < -0.39 is 0 Å². The van der Waals surface area contributed by atoms with Crippen LogP contribution >= 0.6 is 0 Å². The summed E-state index contributed by atoms with van der Waals surface area (Å²) in [5, 5.41) is 4.43. The van der Waals surface area contributed by atoms with Gasteiger partial charge in [-0.15, -0.1) is 0 Å². The molecule has 3 heterocycles. The van der Waals surface area contributed by atoms with E-state index in [-0.39, 0.29) is 0 Å². The zero-order valence-corrected chi connectivity index (χ0v) is 15.7. The van der Waals surface area contributed by atoms with E-state index in [1.54, 1.807) is 6.26 Å². The van der Waals surface area contributed by atoms with Gasteiger partial charge in [0.05, 0.1) is 18.3 Å². The monoisotopic (exact) mass is 363 g/mol. The third-order valence-electron chi connectivity index (χ3n) is 4.75. The summed E-state index contributed by atoms with van der Waals surface area (Å²) in [4.78, 5) is 14.3. The average molecular weight is 363 g/mol. The van der Waals surface area contributed by atoms with Crippen LogP contribution in [0.25, 0.3) is 10.9 Å². The molecule has 27 heavy (non-hydrogen) atoms. The highest BCUT2D eigenvalue weighted by atomic mass is 16.3. The van der Waals surface area contributed by atoms with E-state index in [0.717, 1.165) is 61.2 Å². The molecule has 0 aliphatic carbocycles. The van der Waals surface area contributed by atoms with Crippen molar-refractivity contribution < 1.29 is 4.42 Å². The molecule has 0 bridgehead atoms. The maximum Gasteiger partial charge on any atom is 0.227 e. The van der Waals surface area contributed by atoms with Crippen molar-refractivity contribution >= 4 is 22.7 Å². The Morgan fingerprint density at radius 2 is 1.93 bits per heavy atom. The van der Waals surface area contributed by atoms with Crippen LogP contribution in [0.3, 0.4) is 0 Å². The van der Waals surface area contributed by atoms with E-state index >= 15 is 0 Å². The quantitative estimate of drug-likeness (QED) is 0.676. The molecule has 0 saturated carbocycles. The van der Waals surface area contributed by atoms with Gasteiger partial charge in [-0.3, -0.25) is 4.90 Å². The zero-order chi connectivity index (χ0) is 18.6. The Kier molecular flexibility index (Phi) is 5.07. The molecule has 0 amide bonds. The van der Waals surface area contributed by atoms with Crippen molar-refractivity contribution in [2.75, 3.05) is 42.9 Å². The van der Waals surface area contributed by atoms with Gasteiger partial charge in [-0.2, -0.15) is 4.98 Å². The minimum absolute atomic E-state index is 0.597. The number of hydrogen-bond acceptors (Lipinski definition) is 6. The highest BCUT2D eigenvalue weighted by Crippen LogP contribution is 2.24. The number of benzene rings is 1. The maximum atomic E-state index is 5.43. The minimum Gasteiger partial charge on any atom is -0.467 e. The first-order chi connectivity index (χ1) is 13.2. The lowest BCUT2D eigenvalue weighted by Gasteiger charge is -2.35. The van der Waals surface area contributed by atoms with Gasteiger partial charge < -0.3 is 14.6 Å². The lowest BCUT2D eigenvalue weighted by molar-refractivity contribution is 0.277. The van der Waals surface area contributed by atoms with Crippen LogP contribution in [-0.2, 0) is 6.54 Å². The molecule has 1 aliphatic heterocycles. The van der Waals surface area contributed by atoms with Gasteiger partial charge >= 0.3 is 0 Å². The van der Waals surface area contributed by atoms with E-state index in [0.29, 0.717) is 6.54 Å². The van der Waals surface area contributed by atoms with Crippen molar-refractivity contribution in [3.8, 4) is 0 Å². The highest BCUT2D eigenvalue weighted by Gasteiger charge is 2.20. The Morgan fingerprint density at radius 1 is 1.11 bits per heavy atom. The fourth-order valence-electron chi connectivity index (χ4n) is 3.41. The van der Waals surface area contributed by atoms with Crippen LogP contribution in [0, 0.1) is 0 Å². The standard InChI is InChI=1S/C21H25N5O/c1-16(2)15-25-9-11-26(12-10-25)21-23-19-8-4-3-7-18(19)20(24-21)22-14-17-6-5-13-27-17/h3-8,13H,1,9-12,14-15H2,2H3,(H,22,23,24). The van der Waals surface area contributed by atoms with Crippen molar-refractivity contribution in [2.24, 2.45) is 0 Å².